The van der Waals surface area contributed by atoms with Crippen molar-refractivity contribution in [2.45, 2.75) is 26.9 Å². The van der Waals surface area contributed by atoms with Gasteiger partial charge in [-0.05, 0) is 45.6 Å². The van der Waals surface area contributed by atoms with Gasteiger partial charge in [-0.3, -0.25) is 0 Å². The molecule has 0 fully saturated rings. The number of ether oxygens (including phenoxy) is 1. The number of hydrogen-bond acceptors (Lipinski definition) is 5. The molecule has 1 heterocycles. The molecule has 1 aromatic carbocycles. The Bertz CT molecular complexity index is 806. The number of nitrogens with two attached hydrogens (primary N) is 1. The average Bonchev–Trinajstić information content (AvgIpc) is 2.54. The molecule has 148 valence electrons. The summed E-state index contributed by atoms with van der Waals surface area (Å²) in [6, 6.07) is 5.38. The molecule has 27 heavy (non-hydrogen) atoms. The molecule has 0 saturated carbocycles. The van der Waals surface area contributed by atoms with Crippen LogP contribution >= 0.6 is 15.9 Å². The Morgan fingerprint density at radius 1 is 1.22 bits per heavy atom. The van der Waals surface area contributed by atoms with Gasteiger partial charge >= 0.3 is 6.18 Å². The predicted octanol–water partition coefficient (Wildman–Crippen LogP) is 5.42. The van der Waals surface area contributed by atoms with Crippen molar-refractivity contribution in [2.24, 2.45) is 11.3 Å². The highest BCUT2D eigenvalue weighted by atomic mass is 79.9. The molecule has 0 radical (unpaired) electrons. The predicted molar refractivity (Wildman–Crippen MR) is 104 cm³/mol. The number of benzene rings is 1. The van der Waals surface area contributed by atoms with E-state index in [1.807, 2.05) is 0 Å². The molecule has 0 saturated heterocycles. The first-order valence-electron chi connectivity index (χ1n) is 8.16. The van der Waals surface area contributed by atoms with Crippen LogP contribution in [0.25, 0.3) is 0 Å². The van der Waals surface area contributed by atoms with E-state index in [0.717, 1.165) is 6.07 Å². The first-order chi connectivity index (χ1) is 12.4. The highest BCUT2D eigenvalue weighted by molar-refractivity contribution is 9.10. The third-order valence-corrected chi connectivity index (χ3v) is 4.36. The lowest BCUT2D eigenvalue weighted by Crippen LogP contribution is -2.38. The van der Waals surface area contributed by atoms with Crippen molar-refractivity contribution in [1.82, 2.24) is 4.98 Å². The van der Waals surface area contributed by atoms with Gasteiger partial charge in [0.15, 0.2) is 0 Å². The quantitative estimate of drug-likeness (QED) is 0.473. The zero-order chi connectivity index (χ0) is 20.4. The summed E-state index contributed by atoms with van der Waals surface area (Å²) in [4.78, 5) is 3.72. The van der Waals surface area contributed by atoms with E-state index in [1.54, 1.807) is 24.2 Å². The Hall–Kier alpha value is -2.00. The highest BCUT2D eigenvalue weighted by Gasteiger charge is 2.35. The third-order valence-electron chi connectivity index (χ3n) is 3.57. The van der Waals surface area contributed by atoms with Gasteiger partial charge in [0.2, 0.25) is 5.88 Å². The molecular formula is C18H22BrF3N4O. The van der Waals surface area contributed by atoms with Crippen molar-refractivity contribution in [1.29, 1.82) is 0 Å². The first kappa shape index (κ1) is 21.3. The maximum Gasteiger partial charge on any atom is 0.421 e. The normalized spacial score (nSPS) is 12.0. The van der Waals surface area contributed by atoms with Gasteiger partial charge < -0.3 is 15.1 Å². The van der Waals surface area contributed by atoms with Crippen molar-refractivity contribution in [2.75, 3.05) is 23.9 Å². The largest absolute Gasteiger partial charge is 0.437 e. The molecule has 5 nitrogen and oxygen atoms in total. The number of halogens is 4. The second-order valence-corrected chi connectivity index (χ2v) is 7.96. The number of aromatic nitrogens is 1. The van der Waals surface area contributed by atoms with E-state index in [-0.39, 0.29) is 11.2 Å². The van der Waals surface area contributed by atoms with Gasteiger partial charge in [0.05, 0.1) is 15.8 Å². The van der Waals surface area contributed by atoms with Crippen molar-refractivity contribution < 1.29 is 17.9 Å². The fraction of sp³-hybridized carbons (Fsp3) is 0.389. The highest BCUT2D eigenvalue weighted by Crippen LogP contribution is 2.43. The molecule has 0 aliphatic heterocycles. The lowest BCUT2D eigenvalue weighted by molar-refractivity contribution is -0.138. The van der Waals surface area contributed by atoms with Crippen molar-refractivity contribution in [3.63, 3.8) is 0 Å². The average molecular weight is 447 g/mol. The summed E-state index contributed by atoms with van der Waals surface area (Å²) in [6.07, 6.45) is -3.32. The number of hydrogen-bond donors (Lipinski definition) is 2. The van der Waals surface area contributed by atoms with E-state index in [9.17, 15) is 13.2 Å². The Balaban J connectivity index is 2.42. The molecule has 0 aliphatic rings. The molecule has 1 aromatic heterocycles. The standard InChI is InChI=1S/C18H22BrF3N4O/c1-17(2,3)10-26(23)12-7-8-13(14(19)15(12)24-4)27-16-11(18(20,21)22)6-5-9-25-16/h5-9,24H,10,23H2,1-4H3. The molecule has 9 heteroatoms. The Morgan fingerprint density at radius 2 is 1.89 bits per heavy atom. The van der Waals surface area contributed by atoms with Crippen LogP contribution in [0.5, 0.6) is 11.6 Å². The zero-order valence-electron chi connectivity index (χ0n) is 15.5. The smallest absolute Gasteiger partial charge is 0.421 e. The van der Waals surface area contributed by atoms with E-state index in [2.05, 4.69) is 47.0 Å². The van der Waals surface area contributed by atoms with Crippen molar-refractivity contribution in [3.8, 4) is 11.6 Å². The number of rotatable bonds is 5. The summed E-state index contributed by atoms with van der Waals surface area (Å²) >= 11 is 3.39. The summed E-state index contributed by atoms with van der Waals surface area (Å²) in [5.41, 5.74) is 0.296. The topological polar surface area (TPSA) is 63.4 Å². The maximum atomic E-state index is 13.2. The maximum absolute atomic E-state index is 13.2. The molecule has 0 aliphatic carbocycles. The van der Waals surface area contributed by atoms with Crippen LogP contribution in [0.4, 0.5) is 24.5 Å². The molecule has 0 spiro atoms. The van der Waals surface area contributed by atoms with Crippen LogP contribution < -0.4 is 20.9 Å². The second kappa shape index (κ2) is 7.93. The lowest BCUT2D eigenvalue weighted by Gasteiger charge is -2.29. The van der Waals surface area contributed by atoms with Gasteiger partial charge in [-0.2, -0.15) is 13.2 Å². The summed E-state index contributed by atoms with van der Waals surface area (Å²) in [7, 11) is 1.69. The molecule has 2 aromatic rings. The zero-order valence-corrected chi connectivity index (χ0v) is 17.1. The summed E-state index contributed by atoms with van der Waals surface area (Å²) in [5.74, 6) is 5.86. The van der Waals surface area contributed by atoms with E-state index >= 15 is 0 Å². The van der Waals surface area contributed by atoms with Gasteiger partial charge in [0, 0.05) is 19.8 Å². The minimum atomic E-state index is -4.57. The van der Waals surface area contributed by atoms with Crippen molar-refractivity contribution >= 4 is 27.3 Å². The molecule has 0 amide bonds. The van der Waals surface area contributed by atoms with Crippen molar-refractivity contribution in [3.05, 3.63) is 40.5 Å². The monoisotopic (exact) mass is 446 g/mol. The lowest BCUT2D eigenvalue weighted by atomic mass is 9.96. The third kappa shape index (κ3) is 5.26. The number of hydrazine groups is 1. The Morgan fingerprint density at radius 3 is 2.44 bits per heavy atom. The van der Waals surface area contributed by atoms with Crippen LogP contribution in [-0.2, 0) is 6.18 Å². The minimum absolute atomic E-state index is 0.0447. The number of nitrogens with one attached hydrogen (secondary N) is 1. The van der Waals surface area contributed by atoms with Gasteiger partial charge in [-0.1, -0.05) is 20.8 Å². The van der Waals surface area contributed by atoms with Crippen LogP contribution in [0.2, 0.25) is 0 Å². The molecule has 0 unspecified atom stereocenters. The number of pyridine rings is 1. The number of alkyl halides is 3. The van der Waals surface area contributed by atoms with Gasteiger partial charge in [0.25, 0.3) is 0 Å². The fourth-order valence-corrected chi connectivity index (χ4v) is 3.11. The van der Waals surface area contributed by atoms with Crippen LogP contribution in [0, 0.1) is 5.41 Å². The van der Waals surface area contributed by atoms with Gasteiger partial charge in [-0.15, -0.1) is 0 Å². The van der Waals surface area contributed by atoms with Gasteiger partial charge in [-0.25, -0.2) is 10.8 Å². The fourth-order valence-electron chi connectivity index (χ4n) is 2.49. The summed E-state index contributed by atoms with van der Waals surface area (Å²) < 4.78 is 45.4. The van der Waals surface area contributed by atoms with Gasteiger partial charge in [0.1, 0.15) is 11.3 Å². The minimum Gasteiger partial charge on any atom is -0.437 e. The van der Waals surface area contributed by atoms with Crippen LogP contribution in [0.3, 0.4) is 0 Å². The molecular weight excluding hydrogens is 425 g/mol. The van der Waals surface area contributed by atoms with Crippen LogP contribution in [-0.4, -0.2) is 18.6 Å². The number of anilines is 2. The summed E-state index contributed by atoms with van der Waals surface area (Å²) in [6.45, 7) is 6.74. The first-order valence-corrected chi connectivity index (χ1v) is 8.96. The van der Waals surface area contributed by atoms with E-state index in [4.69, 9.17) is 10.6 Å². The second-order valence-electron chi connectivity index (χ2n) is 7.17. The Labute approximate surface area is 164 Å². The van der Waals surface area contributed by atoms with Crippen LogP contribution in [0.1, 0.15) is 26.3 Å². The molecule has 0 atom stereocenters. The molecule has 3 N–H and O–H groups in total. The molecule has 0 bridgehead atoms. The SMILES string of the molecule is CNc1c(N(N)CC(C)(C)C)ccc(Oc2ncccc2C(F)(F)F)c1Br. The van der Waals surface area contributed by atoms with Crippen LogP contribution in [0.15, 0.2) is 34.9 Å². The summed E-state index contributed by atoms with van der Waals surface area (Å²) in [5, 5.41) is 4.60. The van der Waals surface area contributed by atoms with E-state index in [1.165, 1.54) is 12.3 Å². The van der Waals surface area contributed by atoms with E-state index in [0.29, 0.717) is 22.4 Å². The van der Waals surface area contributed by atoms with E-state index < -0.39 is 17.6 Å². The number of nitrogens with zero attached hydrogens (tertiary/aromatic N) is 2. The Kier molecular flexibility index (Phi) is 6.26. The molecule has 2 rings (SSSR count).